The molecule has 1 fully saturated rings. The highest BCUT2D eigenvalue weighted by atomic mass is 16.6. The molecular weight excluding hydrogens is 228 g/mol. The third kappa shape index (κ3) is 4.84. The van der Waals surface area contributed by atoms with Crippen molar-refractivity contribution in [3.05, 3.63) is 0 Å². The van der Waals surface area contributed by atoms with Gasteiger partial charge in [-0.3, -0.25) is 0 Å². The summed E-state index contributed by atoms with van der Waals surface area (Å²) in [5.41, 5.74) is -0.395. The van der Waals surface area contributed by atoms with Crippen molar-refractivity contribution in [3.63, 3.8) is 0 Å². The number of carbonyl (C=O) groups excluding carboxylic acids is 1. The molecule has 0 aromatic rings. The highest BCUT2D eigenvalue weighted by Gasteiger charge is 2.30. The summed E-state index contributed by atoms with van der Waals surface area (Å²) in [6.07, 6.45) is 0.931. The Kier molecular flexibility index (Phi) is 5.45. The van der Waals surface area contributed by atoms with Gasteiger partial charge in [0.2, 0.25) is 0 Å². The van der Waals surface area contributed by atoms with E-state index in [1.54, 1.807) is 0 Å². The standard InChI is InChI=1S/C14H28N2O2/c1-6-15(7-2)10-12-8-9-16(11-12)13(17)18-14(3,4)5/h12H,6-11H2,1-5H3. The lowest BCUT2D eigenvalue weighted by atomic mass is 10.1. The van der Waals surface area contributed by atoms with E-state index in [2.05, 4.69) is 18.7 Å². The zero-order chi connectivity index (χ0) is 13.8. The number of nitrogens with zero attached hydrogens (tertiary/aromatic N) is 2. The highest BCUT2D eigenvalue weighted by molar-refractivity contribution is 5.68. The summed E-state index contributed by atoms with van der Waals surface area (Å²) < 4.78 is 5.40. The molecule has 0 saturated carbocycles. The van der Waals surface area contributed by atoms with E-state index in [9.17, 15) is 4.79 Å². The Morgan fingerprint density at radius 1 is 1.33 bits per heavy atom. The fourth-order valence-corrected chi connectivity index (χ4v) is 2.32. The van der Waals surface area contributed by atoms with Crippen LogP contribution < -0.4 is 0 Å². The molecule has 0 aromatic carbocycles. The first-order valence-corrected chi connectivity index (χ1v) is 7.06. The normalized spacial score (nSPS) is 20.6. The van der Waals surface area contributed by atoms with E-state index in [1.807, 2.05) is 25.7 Å². The lowest BCUT2D eigenvalue weighted by Gasteiger charge is -2.25. The van der Waals surface area contributed by atoms with Gasteiger partial charge in [-0.25, -0.2) is 4.79 Å². The molecule has 0 aromatic heterocycles. The predicted octanol–water partition coefficient (Wildman–Crippen LogP) is 2.59. The van der Waals surface area contributed by atoms with Gasteiger partial charge in [0.1, 0.15) is 5.60 Å². The summed E-state index contributed by atoms with van der Waals surface area (Å²) in [6, 6.07) is 0. The van der Waals surface area contributed by atoms with Gasteiger partial charge in [0.05, 0.1) is 0 Å². The van der Waals surface area contributed by atoms with E-state index in [0.717, 1.165) is 39.1 Å². The van der Waals surface area contributed by atoms with Crippen LogP contribution in [0, 0.1) is 5.92 Å². The maximum atomic E-state index is 11.9. The average Bonchev–Trinajstić information content (AvgIpc) is 2.72. The van der Waals surface area contributed by atoms with Crippen molar-refractivity contribution in [2.24, 2.45) is 5.92 Å². The zero-order valence-corrected chi connectivity index (χ0v) is 12.5. The first-order chi connectivity index (χ1) is 8.35. The van der Waals surface area contributed by atoms with Crippen molar-refractivity contribution in [2.75, 3.05) is 32.7 Å². The van der Waals surface area contributed by atoms with Gasteiger partial charge in [0.25, 0.3) is 0 Å². The maximum Gasteiger partial charge on any atom is 0.410 e. The van der Waals surface area contributed by atoms with Crippen LogP contribution in [0.3, 0.4) is 0 Å². The Morgan fingerprint density at radius 2 is 1.94 bits per heavy atom. The van der Waals surface area contributed by atoms with Gasteiger partial charge in [0, 0.05) is 19.6 Å². The van der Waals surface area contributed by atoms with E-state index in [1.165, 1.54) is 0 Å². The molecule has 0 N–H and O–H groups in total. The summed E-state index contributed by atoms with van der Waals surface area (Å²) in [4.78, 5) is 16.2. The summed E-state index contributed by atoms with van der Waals surface area (Å²) in [7, 11) is 0. The van der Waals surface area contributed by atoms with Crippen LogP contribution in [0.2, 0.25) is 0 Å². The molecular formula is C14H28N2O2. The minimum absolute atomic E-state index is 0.162. The van der Waals surface area contributed by atoms with Crippen LogP contribution in [0.4, 0.5) is 4.79 Å². The highest BCUT2D eigenvalue weighted by Crippen LogP contribution is 2.20. The fraction of sp³-hybridized carbons (Fsp3) is 0.929. The van der Waals surface area contributed by atoms with E-state index in [0.29, 0.717) is 5.92 Å². The van der Waals surface area contributed by atoms with Crippen LogP contribution in [-0.4, -0.2) is 54.2 Å². The van der Waals surface area contributed by atoms with Crippen LogP contribution in [0.25, 0.3) is 0 Å². The molecule has 0 bridgehead atoms. The first kappa shape index (κ1) is 15.3. The van der Waals surface area contributed by atoms with E-state index in [-0.39, 0.29) is 6.09 Å². The van der Waals surface area contributed by atoms with E-state index in [4.69, 9.17) is 4.74 Å². The van der Waals surface area contributed by atoms with Crippen molar-refractivity contribution in [2.45, 2.75) is 46.6 Å². The lowest BCUT2D eigenvalue weighted by molar-refractivity contribution is 0.0285. The van der Waals surface area contributed by atoms with Crippen molar-refractivity contribution < 1.29 is 9.53 Å². The number of carbonyl (C=O) groups is 1. The average molecular weight is 256 g/mol. The molecule has 1 heterocycles. The van der Waals surface area contributed by atoms with Gasteiger partial charge in [-0.1, -0.05) is 13.8 Å². The number of hydrogen-bond acceptors (Lipinski definition) is 3. The second kappa shape index (κ2) is 6.41. The molecule has 0 radical (unpaired) electrons. The SMILES string of the molecule is CCN(CC)CC1CCN(C(=O)OC(C)(C)C)C1. The van der Waals surface area contributed by atoms with Crippen molar-refractivity contribution in [1.29, 1.82) is 0 Å². The van der Waals surface area contributed by atoms with Gasteiger partial charge in [0.15, 0.2) is 0 Å². The molecule has 18 heavy (non-hydrogen) atoms. The number of amides is 1. The third-order valence-corrected chi connectivity index (χ3v) is 3.35. The van der Waals surface area contributed by atoms with Crippen LogP contribution >= 0.6 is 0 Å². The van der Waals surface area contributed by atoms with Gasteiger partial charge >= 0.3 is 6.09 Å². The summed E-state index contributed by atoms with van der Waals surface area (Å²) in [6.45, 7) is 15.0. The lowest BCUT2D eigenvalue weighted by Crippen LogP contribution is -2.36. The first-order valence-electron chi connectivity index (χ1n) is 7.06. The van der Waals surface area contributed by atoms with Crippen LogP contribution in [0.1, 0.15) is 41.0 Å². The molecule has 1 aliphatic rings. The molecule has 1 atom stereocenters. The number of likely N-dealkylation sites (tertiary alicyclic amines) is 1. The van der Waals surface area contributed by atoms with Gasteiger partial charge in [-0.05, 0) is 46.2 Å². The fourth-order valence-electron chi connectivity index (χ4n) is 2.32. The number of ether oxygens (including phenoxy) is 1. The van der Waals surface area contributed by atoms with Crippen LogP contribution in [-0.2, 0) is 4.74 Å². The minimum atomic E-state index is -0.395. The molecule has 1 unspecified atom stereocenters. The Bertz CT molecular complexity index is 269. The Balaban J connectivity index is 2.39. The Labute approximate surface area is 111 Å². The molecule has 4 heteroatoms. The smallest absolute Gasteiger partial charge is 0.410 e. The van der Waals surface area contributed by atoms with Gasteiger partial charge in [-0.2, -0.15) is 0 Å². The molecule has 1 amide bonds. The maximum absolute atomic E-state index is 11.9. The van der Waals surface area contributed by atoms with E-state index < -0.39 is 5.60 Å². The molecule has 1 aliphatic heterocycles. The molecule has 0 spiro atoms. The second-order valence-electron chi connectivity index (χ2n) is 6.07. The summed E-state index contributed by atoms with van der Waals surface area (Å²) in [5.74, 6) is 0.595. The number of hydrogen-bond donors (Lipinski definition) is 0. The van der Waals surface area contributed by atoms with Crippen LogP contribution in [0.15, 0.2) is 0 Å². The molecule has 0 aliphatic carbocycles. The van der Waals surface area contributed by atoms with Crippen molar-refractivity contribution in [1.82, 2.24) is 9.80 Å². The summed E-state index contributed by atoms with van der Waals surface area (Å²) in [5, 5.41) is 0. The summed E-state index contributed by atoms with van der Waals surface area (Å²) >= 11 is 0. The topological polar surface area (TPSA) is 32.8 Å². The largest absolute Gasteiger partial charge is 0.444 e. The number of rotatable bonds is 4. The Morgan fingerprint density at radius 3 is 2.44 bits per heavy atom. The van der Waals surface area contributed by atoms with Gasteiger partial charge in [-0.15, -0.1) is 0 Å². The van der Waals surface area contributed by atoms with Crippen molar-refractivity contribution in [3.8, 4) is 0 Å². The Hall–Kier alpha value is -0.770. The molecule has 4 nitrogen and oxygen atoms in total. The monoisotopic (exact) mass is 256 g/mol. The third-order valence-electron chi connectivity index (χ3n) is 3.35. The zero-order valence-electron chi connectivity index (χ0n) is 12.5. The predicted molar refractivity (Wildman–Crippen MR) is 73.7 cm³/mol. The van der Waals surface area contributed by atoms with Crippen LogP contribution in [0.5, 0.6) is 0 Å². The van der Waals surface area contributed by atoms with Gasteiger partial charge < -0.3 is 14.5 Å². The molecule has 1 saturated heterocycles. The second-order valence-corrected chi connectivity index (χ2v) is 6.07. The molecule has 1 rings (SSSR count). The quantitative estimate of drug-likeness (QED) is 0.775. The minimum Gasteiger partial charge on any atom is -0.444 e. The van der Waals surface area contributed by atoms with E-state index >= 15 is 0 Å². The van der Waals surface area contributed by atoms with Crippen molar-refractivity contribution >= 4 is 6.09 Å². The molecule has 106 valence electrons.